The van der Waals surface area contributed by atoms with Crippen molar-refractivity contribution in [3.8, 4) is 6.07 Å². The Kier molecular flexibility index (Phi) is 5.93. The second-order valence-electron chi connectivity index (χ2n) is 6.37. The number of amides is 2. The number of likely N-dealkylation sites (tertiary alicyclic amines) is 1. The van der Waals surface area contributed by atoms with Crippen molar-refractivity contribution in [1.82, 2.24) is 10.2 Å². The number of hydrogen-bond donors (Lipinski definition) is 2. The number of nitrogens with two attached hydrogens (primary N) is 1. The average Bonchev–Trinajstić information content (AvgIpc) is 2.96. The Morgan fingerprint density at radius 2 is 2.17 bits per heavy atom. The summed E-state index contributed by atoms with van der Waals surface area (Å²) in [5.41, 5.74) is 5.48. The van der Waals surface area contributed by atoms with Crippen molar-refractivity contribution in [1.29, 1.82) is 5.26 Å². The lowest BCUT2D eigenvalue weighted by molar-refractivity contribution is -0.121. The predicted molar refractivity (Wildman–Crippen MR) is 90.1 cm³/mol. The fraction of sp³-hybridized carbons (Fsp3) is 0.444. The molecule has 1 aliphatic rings. The highest BCUT2D eigenvalue weighted by Crippen LogP contribution is 2.23. The van der Waals surface area contributed by atoms with Crippen LogP contribution >= 0.6 is 0 Å². The van der Waals surface area contributed by atoms with Crippen molar-refractivity contribution >= 4 is 11.8 Å². The number of benzene rings is 1. The van der Waals surface area contributed by atoms with Gasteiger partial charge in [0.15, 0.2) is 0 Å². The fourth-order valence-electron chi connectivity index (χ4n) is 2.77. The SMILES string of the molecule is CC(C[CH]C(=O)NC1(C#N)CCN(Cc2ccccc2)C1)C(N)=O. The van der Waals surface area contributed by atoms with Gasteiger partial charge in [0.1, 0.15) is 5.54 Å². The van der Waals surface area contributed by atoms with Crippen LogP contribution in [0.3, 0.4) is 0 Å². The Morgan fingerprint density at radius 1 is 1.46 bits per heavy atom. The number of nitriles is 1. The highest BCUT2D eigenvalue weighted by Gasteiger charge is 2.39. The monoisotopic (exact) mass is 327 g/mol. The largest absolute Gasteiger partial charge is 0.369 e. The Labute approximate surface area is 142 Å². The number of carbonyl (C=O) groups excluding carboxylic acids is 2. The maximum absolute atomic E-state index is 12.1. The van der Waals surface area contributed by atoms with E-state index in [9.17, 15) is 14.9 Å². The highest BCUT2D eigenvalue weighted by molar-refractivity contribution is 5.87. The predicted octanol–water partition coefficient (Wildman–Crippen LogP) is 0.987. The second kappa shape index (κ2) is 7.93. The van der Waals surface area contributed by atoms with E-state index in [0.29, 0.717) is 13.0 Å². The van der Waals surface area contributed by atoms with E-state index in [-0.39, 0.29) is 12.3 Å². The molecule has 6 nitrogen and oxygen atoms in total. The third-order valence-electron chi connectivity index (χ3n) is 4.32. The first-order chi connectivity index (χ1) is 11.4. The minimum absolute atomic E-state index is 0.274. The van der Waals surface area contributed by atoms with E-state index in [2.05, 4.69) is 16.3 Å². The molecule has 0 saturated carbocycles. The molecular formula is C18H23N4O2. The lowest BCUT2D eigenvalue weighted by Crippen LogP contribution is -2.49. The van der Waals surface area contributed by atoms with Crippen molar-refractivity contribution in [3.05, 3.63) is 42.3 Å². The summed E-state index contributed by atoms with van der Waals surface area (Å²) < 4.78 is 0. The van der Waals surface area contributed by atoms with Crippen molar-refractivity contribution in [3.63, 3.8) is 0 Å². The zero-order valence-electron chi connectivity index (χ0n) is 13.9. The first kappa shape index (κ1) is 18.0. The third kappa shape index (κ3) is 4.80. The Morgan fingerprint density at radius 3 is 2.79 bits per heavy atom. The van der Waals surface area contributed by atoms with Crippen LogP contribution in [0, 0.1) is 23.7 Å². The summed E-state index contributed by atoms with van der Waals surface area (Å²) >= 11 is 0. The van der Waals surface area contributed by atoms with Gasteiger partial charge in [-0.15, -0.1) is 0 Å². The number of primary amides is 1. The molecule has 2 atom stereocenters. The molecule has 0 bridgehead atoms. The quantitative estimate of drug-likeness (QED) is 0.780. The Hall–Kier alpha value is -2.39. The second-order valence-corrected chi connectivity index (χ2v) is 6.37. The van der Waals surface area contributed by atoms with Crippen molar-refractivity contribution in [2.45, 2.75) is 31.8 Å². The number of hydrogen-bond acceptors (Lipinski definition) is 4. The van der Waals surface area contributed by atoms with E-state index in [1.54, 1.807) is 6.92 Å². The Balaban J connectivity index is 1.87. The number of nitrogens with one attached hydrogen (secondary N) is 1. The molecule has 1 aliphatic heterocycles. The molecule has 1 aromatic carbocycles. The van der Waals surface area contributed by atoms with E-state index >= 15 is 0 Å². The van der Waals surface area contributed by atoms with Crippen LogP contribution in [0.5, 0.6) is 0 Å². The van der Waals surface area contributed by atoms with Crippen LogP contribution in [-0.4, -0.2) is 35.3 Å². The molecular weight excluding hydrogens is 304 g/mol. The molecule has 0 aliphatic carbocycles. The van der Waals surface area contributed by atoms with E-state index in [1.165, 1.54) is 12.0 Å². The maximum Gasteiger partial charge on any atom is 0.225 e. The zero-order chi connectivity index (χ0) is 17.6. The number of nitrogens with zero attached hydrogens (tertiary/aromatic N) is 2. The van der Waals surface area contributed by atoms with Crippen LogP contribution < -0.4 is 11.1 Å². The van der Waals surface area contributed by atoms with Crippen molar-refractivity contribution in [2.75, 3.05) is 13.1 Å². The van der Waals surface area contributed by atoms with Gasteiger partial charge in [0.2, 0.25) is 11.8 Å². The van der Waals surface area contributed by atoms with Crippen LogP contribution in [0.15, 0.2) is 30.3 Å². The molecule has 3 N–H and O–H groups in total. The molecule has 24 heavy (non-hydrogen) atoms. The summed E-state index contributed by atoms with van der Waals surface area (Å²) in [4.78, 5) is 25.2. The summed E-state index contributed by atoms with van der Waals surface area (Å²) in [5.74, 6) is -1.16. The number of rotatable bonds is 7. The van der Waals surface area contributed by atoms with Crippen LogP contribution in [-0.2, 0) is 16.1 Å². The van der Waals surface area contributed by atoms with Crippen LogP contribution in [0.1, 0.15) is 25.3 Å². The topological polar surface area (TPSA) is 99.2 Å². The van der Waals surface area contributed by atoms with Gasteiger partial charge in [-0.2, -0.15) is 5.26 Å². The molecule has 1 heterocycles. The smallest absolute Gasteiger partial charge is 0.225 e. The van der Waals surface area contributed by atoms with Gasteiger partial charge in [0.25, 0.3) is 0 Å². The highest BCUT2D eigenvalue weighted by atomic mass is 16.2. The summed E-state index contributed by atoms with van der Waals surface area (Å²) in [6.07, 6.45) is 2.26. The summed E-state index contributed by atoms with van der Waals surface area (Å²) in [6.45, 7) is 3.66. The minimum Gasteiger partial charge on any atom is -0.369 e. The molecule has 6 heteroatoms. The van der Waals surface area contributed by atoms with Gasteiger partial charge in [0, 0.05) is 25.6 Å². The molecule has 2 unspecified atom stereocenters. The molecule has 1 radical (unpaired) electrons. The van der Waals surface area contributed by atoms with Gasteiger partial charge in [0.05, 0.1) is 12.5 Å². The summed E-state index contributed by atoms with van der Waals surface area (Å²) in [6, 6.07) is 12.3. The lowest BCUT2D eigenvalue weighted by atomic mass is 9.99. The molecule has 2 rings (SSSR count). The normalized spacial score (nSPS) is 21.8. The molecule has 2 amide bonds. The van der Waals surface area contributed by atoms with Gasteiger partial charge < -0.3 is 11.1 Å². The number of carbonyl (C=O) groups is 2. The summed E-state index contributed by atoms with van der Waals surface area (Å²) in [5, 5.41) is 12.3. The Bertz CT molecular complexity index is 626. The standard InChI is InChI=1S/C18H23N4O2/c1-14(17(20)24)7-8-16(23)21-18(12-19)9-10-22(13-18)11-15-5-3-2-4-6-15/h2-6,8,14H,7,9-11,13H2,1H3,(H2,20,24)(H,21,23). The molecule has 0 spiro atoms. The lowest BCUT2D eigenvalue weighted by Gasteiger charge is -2.23. The molecule has 0 aromatic heterocycles. The minimum atomic E-state index is -0.877. The first-order valence-corrected chi connectivity index (χ1v) is 8.06. The molecule has 1 aromatic rings. The zero-order valence-corrected chi connectivity index (χ0v) is 13.9. The summed E-state index contributed by atoms with van der Waals surface area (Å²) in [7, 11) is 0. The molecule has 127 valence electrons. The first-order valence-electron chi connectivity index (χ1n) is 8.06. The van der Waals surface area contributed by atoms with E-state index in [4.69, 9.17) is 5.73 Å². The average molecular weight is 327 g/mol. The van der Waals surface area contributed by atoms with Gasteiger partial charge >= 0.3 is 0 Å². The van der Waals surface area contributed by atoms with Crippen LogP contribution in [0.4, 0.5) is 0 Å². The molecule has 1 fully saturated rings. The van der Waals surface area contributed by atoms with Gasteiger partial charge in [-0.3, -0.25) is 14.5 Å². The molecule has 1 saturated heterocycles. The van der Waals surface area contributed by atoms with Gasteiger partial charge in [-0.05, 0) is 18.4 Å². The van der Waals surface area contributed by atoms with Crippen molar-refractivity contribution < 1.29 is 9.59 Å². The van der Waals surface area contributed by atoms with Gasteiger partial charge in [-0.1, -0.05) is 37.3 Å². The van der Waals surface area contributed by atoms with Gasteiger partial charge in [-0.25, -0.2) is 0 Å². The third-order valence-corrected chi connectivity index (χ3v) is 4.32. The van der Waals surface area contributed by atoms with Crippen LogP contribution in [0.25, 0.3) is 0 Å². The van der Waals surface area contributed by atoms with E-state index in [1.807, 2.05) is 30.3 Å². The van der Waals surface area contributed by atoms with Crippen molar-refractivity contribution in [2.24, 2.45) is 11.7 Å². The fourth-order valence-corrected chi connectivity index (χ4v) is 2.77. The van der Waals surface area contributed by atoms with Crippen LogP contribution in [0.2, 0.25) is 0 Å². The van der Waals surface area contributed by atoms with E-state index in [0.717, 1.165) is 13.1 Å². The van der Waals surface area contributed by atoms with E-state index < -0.39 is 17.4 Å². The maximum atomic E-state index is 12.1.